The van der Waals surface area contributed by atoms with Crippen molar-refractivity contribution in [2.75, 3.05) is 13.2 Å². The van der Waals surface area contributed by atoms with E-state index in [2.05, 4.69) is 5.32 Å². The minimum Gasteiger partial charge on any atom is -0.494 e. The lowest BCUT2D eigenvalue weighted by Crippen LogP contribution is -2.51. The zero-order valence-corrected chi connectivity index (χ0v) is 13.2. The second-order valence-electron chi connectivity index (χ2n) is 5.21. The molecule has 2 atom stereocenters. The summed E-state index contributed by atoms with van der Waals surface area (Å²) in [4.78, 5) is 11.4. The monoisotopic (exact) mass is 295 g/mol. The van der Waals surface area contributed by atoms with Crippen molar-refractivity contribution >= 4 is 5.97 Å². The highest BCUT2D eigenvalue weighted by Crippen LogP contribution is 2.23. The van der Waals surface area contributed by atoms with E-state index >= 15 is 0 Å². The molecule has 0 aromatic heterocycles. The molecule has 5 nitrogen and oxygen atoms in total. The van der Waals surface area contributed by atoms with Gasteiger partial charge in [-0.05, 0) is 39.4 Å². The van der Waals surface area contributed by atoms with Crippen molar-refractivity contribution in [2.24, 2.45) is 0 Å². The zero-order valence-electron chi connectivity index (χ0n) is 13.2. The first-order valence-corrected chi connectivity index (χ1v) is 7.29. The number of nitrogens with one attached hydrogen (secondary N) is 1. The smallest absolute Gasteiger partial charge is 0.323 e. The first-order chi connectivity index (χ1) is 9.91. The largest absolute Gasteiger partial charge is 0.494 e. The van der Waals surface area contributed by atoms with E-state index < -0.39 is 11.5 Å². The number of carbonyl (C=O) groups is 1. The second kappa shape index (κ2) is 7.88. The van der Waals surface area contributed by atoms with Crippen LogP contribution in [0, 0.1) is 0 Å². The number of hydrogen-bond acceptors (Lipinski definition) is 4. The molecule has 2 unspecified atom stereocenters. The molecule has 0 saturated heterocycles. The number of rotatable bonds is 9. The molecule has 1 aromatic rings. The van der Waals surface area contributed by atoms with Crippen LogP contribution in [0.25, 0.3) is 0 Å². The first kappa shape index (κ1) is 17.3. The minimum absolute atomic E-state index is 0.234. The summed E-state index contributed by atoms with van der Waals surface area (Å²) in [5.41, 5.74) is -0.994. The Morgan fingerprint density at radius 1 is 1.38 bits per heavy atom. The van der Waals surface area contributed by atoms with Crippen LogP contribution < -0.4 is 14.8 Å². The van der Waals surface area contributed by atoms with Gasteiger partial charge in [-0.15, -0.1) is 0 Å². The van der Waals surface area contributed by atoms with Crippen LogP contribution in [-0.4, -0.2) is 35.9 Å². The molecule has 118 valence electrons. The van der Waals surface area contributed by atoms with Crippen molar-refractivity contribution in [3.63, 3.8) is 0 Å². The predicted octanol–water partition coefficient (Wildman–Crippen LogP) is 2.70. The summed E-state index contributed by atoms with van der Waals surface area (Å²) in [5.74, 6) is 0.551. The summed E-state index contributed by atoms with van der Waals surface area (Å²) < 4.78 is 11.2. The van der Waals surface area contributed by atoms with Crippen molar-refractivity contribution in [3.8, 4) is 11.5 Å². The maximum absolute atomic E-state index is 11.4. The number of carboxylic acid groups (broad SMARTS) is 1. The van der Waals surface area contributed by atoms with Gasteiger partial charge in [-0.25, -0.2) is 0 Å². The Morgan fingerprint density at radius 2 is 2.05 bits per heavy atom. The zero-order chi connectivity index (χ0) is 15.9. The van der Waals surface area contributed by atoms with E-state index in [4.69, 9.17) is 9.47 Å². The quantitative estimate of drug-likeness (QED) is 0.733. The van der Waals surface area contributed by atoms with Crippen LogP contribution in [-0.2, 0) is 4.79 Å². The summed E-state index contributed by atoms with van der Waals surface area (Å²) in [5, 5.41) is 12.4. The molecule has 2 N–H and O–H groups in total. The van der Waals surface area contributed by atoms with Crippen molar-refractivity contribution in [1.29, 1.82) is 0 Å². The molecule has 0 fully saturated rings. The van der Waals surface area contributed by atoms with E-state index in [1.807, 2.05) is 45.0 Å². The Kier molecular flexibility index (Phi) is 6.49. The highest BCUT2D eigenvalue weighted by molar-refractivity contribution is 5.78. The van der Waals surface area contributed by atoms with Crippen molar-refractivity contribution in [3.05, 3.63) is 24.3 Å². The number of aliphatic carboxylic acids is 1. The lowest BCUT2D eigenvalue weighted by Gasteiger charge is -2.29. The number of ether oxygens (including phenoxy) is 2. The molecule has 0 radical (unpaired) electrons. The molecule has 0 amide bonds. The average Bonchev–Trinajstić information content (AvgIpc) is 2.39. The molecule has 0 spiro atoms. The lowest BCUT2D eigenvalue weighted by atomic mass is 9.95. The molecule has 0 aliphatic rings. The molecule has 0 aliphatic carbocycles. The average molecular weight is 295 g/mol. The fourth-order valence-corrected chi connectivity index (χ4v) is 2.28. The van der Waals surface area contributed by atoms with Crippen LogP contribution in [0.3, 0.4) is 0 Å². The van der Waals surface area contributed by atoms with Gasteiger partial charge < -0.3 is 19.9 Å². The molecule has 1 aromatic carbocycles. The molecule has 0 saturated carbocycles. The first-order valence-electron chi connectivity index (χ1n) is 7.29. The van der Waals surface area contributed by atoms with Crippen molar-refractivity contribution in [1.82, 2.24) is 5.32 Å². The molecule has 0 aliphatic heterocycles. The minimum atomic E-state index is -0.994. The Balaban J connectivity index is 2.69. The third kappa shape index (κ3) is 5.27. The molecule has 0 bridgehead atoms. The van der Waals surface area contributed by atoms with Crippen LogP contribution in [0.15, 0.2) is 24.3 Å². The third-order valence-electron chi connectivity index (χ3n) is 3.19. The SMILES string of the molecule is CCNC(C)(CC(C)Oc1cccc(OCC)c1)C(=O)O. The number of benzene rings is 1. The van der Waals surface area contributed by atoms with E-state index in [1.165, 1.54) is 0 Å². The normalized spacial score (nSPS) is 15.0. The molecule has 1 rings (SSSR count). The number of likely N-dealkylation sites (N-methyl/N-ethyl adjacent to an activating group) is 1. The van der Waals surface area contributed by atoms with Gasteiger partial charge in [0.1, 0.15) is 17.0 Å². The van der Waals surface area contributed by atoms with E-state index in [0.29, 0.717) is 25.3 Å². The van der Waals surface area contributed by atoms with Gasteiger partial charge in [0.2, 0.25) is 0 Å². The second-order valence-corrected chi connectivity index (χ2v) is 5.21. The molecule has 21 heavy (non-hydrogen) atoms. The fourth-order valence-electron chi connectivity index (χ4n) is 2.28. The molecule has 5 heteroatoms. The lowest BCUT2D eigenvalue weighted by molar-refractivity contribution is -0.145. The number of hydrogen-bond donors (Lipinski definition) is 2. The molecular formula is C16H25NO4. The van der Waals surface area contributed by atoms with Gasteiger partial charge in [-0.3, -0.25) is 4.79 Å². The van der Waals surface area contributed by atoms with E-state index in [-0.39, 0.29) is 6.10 Å². The maximum Gasteiger partial charge on any atom is 0.323 e. The van der Waals surface area contributed by atoms with E-state index in [0.717, 1.165) is 5.75 Å². The molecule has 0 heterocycles. The van der Waals surface area contributed by atoms with Crippen LogP contribution in [0.4, 0.5) is 0 Å². The van der Waals surface area contributed by atoms with Crippen molar-refractivity contribution in [2.45, 2.75) is 45.8 Å². The fraction of sp³-hybridized carbons (Fsp3) is 0.562. The van der Waals surface area contributed by atoms with E-state index in [1.54, 1.807) is 6.92 Å². The predicted molar refractivity (Wildman–Crippen MR) is 82.0 cm³/mol. The van der Waals surface area contributed by atoms with Gasteiger partial charge >= 0.3 is 5.97 Å². The Bertz CT molecular complexity index is 463. The Labute approximate surface area is 126 Å². The van der Waals surface area contributed by atoms with Crippen LogP contribution in [0.2, 0.25) is 0 Å². The van der Waals surface area contributed by atoms with Crippen molar-refractivity contribution < 1.29 is 19.4 Å². The standard InChI is InChI=1S/C16H25NO4/c1-5-17-16(4,15(18)19)11-12(3)21-14-9-7-8-13(10-14)20-6-2/h7-10,12,17H,5-6,11H2,1-4H3,(H,18,19). The van der Waals surface area contributed by atoms with Crippen LogP contribution >= 0.6 is 0 Å². The number of carboxylic acids is 1. The van der Waals surface area contributed by atoms with Crippen LogP contribution in [0.1, 0.15) is 34.1 Å². The van der Waals surface area contributed by atoms with Gasteiger partial charge in [0.15, 0.2) is 0 Å². The summed E-state index contributed by atoms with van der Waals surface area (Å²) >= 11 is 0. The summed E-state index contributed by atoms with van der Waals surface area (Å²) in [6.45, 7) is 8.54. The summed E-state index contributed by atoms with van der Waals surface area (Å²) in [6, 6.07) is 7.37. The van der Waals surface area contributed by atoms with Gasteiger partial charge in [-0.1, -0.05) is 13.0 Å². The van der Waals surface area contributed by atoms with E-state index in [9.17, 15) is 9.90 Å². The summed E-state index contributed by atoms with van der Waals surface area (Å²) in [6.07, 6.45) is 0.136. The van der Waals surface area contributed by atoms with Gasteiger partial charge in [0.25, 0.3) is 0 Å². The highest BCUT2D eigenvalue weighted by Gasteiger charge is 2.34. The van der Waals surface area contributed by atoms with Gasteiger partial charge in [-0.2, -0.15) is 0 Å². The topological polar surface area (TPSA) is 67.8 Å². The molecular weight excluding hydrogens is 270 g/mol. The Morgan fingerprint density at radius 3 is 2.62 bits per heavy atom. The van der Waals surface area contributed by atoms with Gasteiger partial charge in [0.05, 0.1) is 12.7 Å². The highest BCUT2D eigenvalue weighted by atomic mass is 16.5. The maximum atomic E-state index is 11.4. The van der Waals surface area contributed by atoms with Crippen LogP contribution in [0.5, 0.6) is 11.5 Å². The Hall–Kier alpha value is -1.75. The van der Waals surface area contributed by atoms with Gasteiger partial charge in [0, 0.05) is 12.5 Å². The third-order valence-corrected chi connectivity index (χ3v) is 3.19. The summed E-state index contributed by atoms with van der Waals surface area (Å²) in [7, 11) is 0.